The summed E-state index contributed by atoms with van der Waals surface area (Å²) in [5.74, 6) is 0.145. The molecule has 2 aromatic heterocycles. The molecular weight excluding hydrogens is 457 g/mol. The number of likely N-dealkylation sites (tertiary alicyclic amines) is 1. The summed E-state index contributed by atoms with van der Waals surface area (Å²) in [6.07, 6.45) is 0.525. The van der Waals surface area contributed by atoms with Crippen LogP contribution >= 0.6 is 0 Å². The van der Waals surface area contributed by atoms with Crippen molar-refractivity contribution in [3.8, 4) is 0 Å². The lowest BCUT2D eigenvalue weighted by molar-refractivity contribution is -0.141. The number of piperazine rings is 1. The summed E-state index contributed by atoms with van der Waals surface area (Å²) in [7, 11) is 0. The van der Waals surface area contributed by atoms with Gasteiger partial charge in [-0.3, -0.25) is 19.7 Å². The molecule has 0 radical (unpaired) electrons. The van der Waals surface area contributed by atoms with E-state index in [0.29, 0.717) is 38.0 Å². The van der Waals surface area contributed by atoms with Crippen LogP contribution in [0.4, 0.5) is 24.5 Å². The van der Waals surface area contributed by atoms with Gasteiger partial charge in [-0.1, -0.05) is 7.43 Å². The SMILES string of the molecule is C.Cc1ccc(N2CCN(CCC(=O)N3CCC(Nc4ccnc(C(F)(F)F)c4)CC3)CC2)cn1. The Balaban J connectivity index is 0.00000342. The topological polar surface area (TPSA) is 64.6 Å². The number of carbonyl (C=O) groups excluding carboxylic acids is 1. The van der Waals surface area contributed by atoms with Gasteiger partial charge in [0, 0.05) is 75.9 Å². The number of halogens is 3. The average Bonchev–Trinajstić information content (AvgIpc) is 2.83. The van der Waals surface area contributed by atoms with Crippen molar-refractivity contribution in [1.29, 1.82) is 0 Å². The molecule has 0 spiro atoms. The lowest BCUT2D eigenvalue weighted by Gasteiger charge is -2.37. The summed E-state index contributed by atoms with van der Waals surface area (Å²) >= 11 is 0. The van der Waals surface area contributed by atoms with Crippen molar-refractivity contribution in [3.05, 3.63) is 48.0 Å². The molecule has 192 valence electrons. The van der Waals surface area contributed by atoms with Gasteiger partial charge < -0.3 is 15.1 Å². The fourth-order valence-electron chi connectivity index (χ4n) is 4.47. The fraction of sp³-hybridized carbons (Fsp3) is 0.560. The zero-order valence-electron chi connectivity index (χ0n) is 19.4. The van der Waals surface area contributed by atoms with Gasteiger partial charge in [0.1, 0.15) is 5.69 Å². The minimum Gasteiger partial charge on any atom is -0.382 e. The fourth-order valence-corrected chi connectivity index (χ4v) is 4.47. The summed E-state index contributed by atoms with van der Waals surface area (Å²) in [4.78, 5) is 27.0. The largest absolute Gasteiger partial charge is 0.433 e. The average molecular weight is 493 g/mol. The molecule has 2 aromatic rings. The number of nitrogens with zero attached hydrogens (tertiary/aromatic N) is 5. The Morgan fingerprint density at radius 1 is 1.06 bits per heavy atom. The molecule has 2 aliphatic rings. The Labute approximate surface area is 205 Å². The van der Waals surface area contributed by atoms with Crippen molar-refractivity contribution >= 4 is 17.3 Å². The number of hydrogen-bond donors (Lipinski definition) is 1. The van der Waals surface area contributed by atoms with E-state index in [9.17, 15) is 18.0 Å². The van der Waals surface area contributed by atoms with Gasteiger partial charge in [-0.25, -0.2) is 0 Å². The van der Waals surface area contributed by atoms with Gasteiger partial charge in [0.2, 0.25) is 5.91 Å². The smallest absolute Gasteiger partial charge is 0.382 e. The standard InChI is InChI=1S/C24H31F3N6O.CH4/c1-18-2-3-21(17-29-18)32-14-12-31(13-15-32)9-7-23(34)33-10-5-19(6-11-33)30-20-4-8-28-22(16-20)24(25,26)27;/h2-4,8,16-17,19H,5-7,9-15H2,1H3,(H,28,30);1H4. The summed E-state index contributed by atoms with van der Waals surface area (Å²) < 4.78 is 38.6. The number of aryl methyl sites for hydroxylation is 1. The molecule has 0 saturated carbocycles. The zero-order chi connectivity index (χ0) is 24.1. The van der Waals surface area contributed by atoms with E-state index in [1.165, 1.54) is 6.20 Å². The van der Waals surface area contributed by atoms with Crippen molar-refractivity contribution in [3.63, 3.8) is 0 Å². The van der Waals surface area contributed by atoms with Crippen LogP contribution in [0.3, 0.4) is 0 Å². The monoisotopic (exact) mass is 492 g/mol. The van der Waals surface area contributed by atoms with Crippen LogP contribution in [0.1, 0.15) is 38.1 Å². The molecule has 0 bridgehead atoms. The van der Waals surface area contributed by atoms with E-state index in [4.69, 9.17) is 0 Å². The highest BCUT2D eigenvalue weighted by Crippen LogP contribution is 2.29. The van der Waals surface area contributed by atoms with Crippen molar-refractivity contribution in [2.45, 2.75) is 45.8 Å². The molecular formula is C25H35F3N6O. The number of piperidine rings is 1. The minimum atomic E-state index is -4.46. The molecule has 0 unspecified atom stereocenters. The molecule has 0 atom stereocenters. The number of carbonyl (C=O) groups is 1. The number of anilines is 2. The van der Waals surface area contributed by atoms with Crippen LogP contribution in [0.2, 0.25) is 0 Å². The third-order valence-electron chi connectivity index (χ3n) is 6.54. The number of rotatable bonds is 6. The molecule has 35 heavy (non-hydrogen) atoms. The predicted octanol–water partition coefficient (Wildman–Crippen LogP) is 4.06. The highest BCUT2D eigenvalue weighted by molar-refractivity contribution is 5.76. The van der Waals surface area contributed by atoms with Gasteiger partial charge in [0.05, 0.1) is 11.9 Å². The highest BCUT2D eigenvalue weighted by atomic mass is 19.4. The molecule has 4 heterocycles. The van der Waals surface area contributed by atoms with Gasteiger partial charge in [0.15, 0.2) is 0 Å². The van der Waals surface area contributed by atoms with Gasteiger partial charge in [-0.15, -0.1) is 0 Å². The normalized spacial score (nSPS) is 17.7. The highest BCUT2D eigenvalue weighted by Gasteiger charge is 2.33. The van der Waals surface area contributed by atoms with E-state index in [2.05, 4.69) is 31.2 Å². The van der Waals surface area contributed by atoms with E-state index >= 15 is 0 Å². The molecule has 7 nitrogen and oxygen atoms in total. The molecule has 2 saturated heterocycles. The second-order valence-electron chi connectivity index (χ2n) is 8.96. The number of alkyl halides is 3. The molecule has 1 N–H and O–H groups in total. The third-order valence-corrected chi connectivity index (χ3v) is 6.54. The molecule has 1 amide bonds. The van der Waals surface area contributed by atoms with E-state index in [-0.39, 0.29) is 19.4 Å². The van der Waals surface area contributed by atoms with Crippen LogP contribution in [0.25, 0.3) is 0 Å². The number of amides is 1. The number of nitrogens with one attached hydrogen (secondary N) is 1. The maximum Gasteiger partial charge on any atom is 0.433 e. The van der Waals surface area contributed by atoms with Crippen molar-refractivity contribution in [2.75, 3.05) is 56.0 Å². The Bertz CT molecular complexity index is 952. The first-order valence-electron chi connectivity index (χ1n) is 11.8. The van der Waals surface area contributed by atoms with Gasteiger partial charge in [-0.05, 0) is 44.0 Å². The van der Waals surface area contributed by atoms with E-state index in [0.717, 1.165) is 50.2 Å². The third kappa shape index (κ3) is 7.30. The van der Waals surface area contributed by atoms with Crippen molar-refractivity contribution in [2.24, 2.45) is 0 Å². The summed E-state index contributed by atoms with van der Waals surface area (Å²) in [6.45, 7) is 7.62. The van der Waals surface area contributed by atoms with Crippen LogP contribution < -0.4 is 10.2 Å². The minimum absolute atomic E-state index is 0. The molecule has 0 aromatic carbocycles. The quantitative estimate of drug-likeness (QED) is 0.656. The Hall–Kier alpha value is -2.88. The van der Waals surface area contributed by atoms with Gasteiger partial charge in [0.25, 0.3) is 0 Å². The van der Waals surface area contributed by atoms with Crippen molar-refractivity contribution < 1.29 is 18.0 Å². The van der Waals surface area contributed by atoms with Crippen LogP contribution in [-0.4, -0.2) is 77.5 Å². The predicted molar refractivity (Wildman–Crippen MR) is 131 cm³/mol. The lowest BCUT2D eigenvalue weighted by Crippen LogP contribution is -2.48. The van der Waals surface area contributed by atoms with Crippen LogP contribution in [0.15, 0.2) is 36.7 Å². The molecule has 0 aliphatic carbocycles. The first-order chi connectivity index (χ1) is 16.3. The first-order valence-corrected chi connectivity index (χ1v) is 11.8. The van der Waals surface area contributed by atoms with Crippen LogP contribution in [0.5, 0.6) is 0 Å². The number of aromatic nitrogens is 2. The second kappa shape index (κ2) is 11.7. The number of hydrogen-bond acceptors (Lipinski definition) is 6. The summed E-state index contributed by atoms with van der Waals surface area (Å²) in [5.41, 5.74) is 1.65. The van der Waals surface area contributed by atoms with E-state index in [1.54, 1.807) is 6.07 Å². The summed E-state index contributed by atoms with van der Waals surface area (Å²) in [6, 6.07) is 6.74. The Morgan fingerprint density at radius 2 is 1.77 bits per heavy atom. The maximum atomic E-state index is 12.9. The maximum absolute atomic E-state index is 12.9. The Morgan fingerprint density at radius 3 is 2.40 bits per heavy atom. The molecule has 4 rings (SSSR count). The number of pyridine rings is 2. The first kappa shape index (κ1) is 26.7. The van der Waals surface area contributed by atoms with Crippen LogP contribution in [0, 0.1) is 6.92 Å². The van der Waals surface area contributed by atoms with Gasteiger partial charge >= 0.3 is 6.18 Å². The molecule has 2 fully saturated rings. The van der Waals surface area contributed by atoms with Gasteiger partial charge in [-0.2, -0.15) is 13.2 Å². The van der Waals surface area contributed by atoms with Crippen molar-refractivity contribution in [1.82, 2.24) is 19.8 Å². The van der Waals surface area contributed by atoms with Crippen LogP contribution in [-0.2, 0) is 11.0 Å². The summed E-state index contributed by atoms with van der Waals surface area (Å²) in [5, 5.41) is 3.16. The molecule has 10 heteroatoms. The zero-order valence-corrected chi connectivity index (χ0v) is 19.4. The lowest BCUT2D eigenvalue weighted by atomic mass is 10.0. The second-order valence-corrected chi connectivity index (χ2v) is 8.96. The Kier molecular flexibility index (Phi) is 8.93. The van der Waals surface area contributed by atoms with E-state index < -0.39 is 11.9 Å². The van der Waals surface area contributed by atoms with E-state index in [1.807, 2.05) is 24.1 Å². The molecule has 2 aliphatic heterocycles.